The third-order valence-electron chi connectivity index (χ3n) is 3.89. The molecule has 0 fully saturated rings. The summed E-state index contributed by atoms with van der Waals surface area (Å²) in [5, 5.41) is 0. The Hall–Kier alpha value is -3.75. The molecule has 0 aliphatic heterocycles. The molecule has 0 N–H and O–H groups in total. The van der Waals surface area contributed by atoms with Gasteiger partial charge in [0.25, 0.3) is 5.56 Å². The maximum absolute atomic E-state index is 12.5. The van der Waals surface area contributed by atoms with Crippen LogP contribution >= 0.6 is 0 Å². The number of aromatic nitrogens is 4. The highest BCUT2D eigenvalue weighted by Crippen LogP contribution is 2.29. The molecule has 0 spiro atoms. The van der Waals surface area contributed by atoms with Gasteiger partial charge in [-0.15, -0.1) is 0 Å². The zero-order valence-electron chi connectivity index (χ0n) is 15.6. The lowest BCUT2D eigenvalue weighted by atomic mass is 10.4. The van der Waals surface area contributed by atoms with E-state index in [9.17, 15) is 14.4 Å². The van der Waals surface area contributed by atoms with Crippen LogP contribution in [-0.4, -0.2) is 31.5 Å². The van der Waals surface area contributed by atoms with E-state index in [1.165, 1.54) is 36.0 Å². The average molecular weight is 382 g/mol. The van der Waals surface area contributed by atoms with Gasteiger partial charge in [0.05, 0.1) is 6.20 Å². The van der Waals surface area contributed by atoms with E-state index in [4.69, 9.17) is 9.47 Å². The van der Waals surface area contributed by atoms with Crippen LogP contribution in [0.4, 0.5) is 0 Å². The van der Waals surface area contributed by atoms with Crippen molar-refractivity contribution in [1.29, 1.82) is 0 Å². The summed E-state index contributed by atoms with van der Waals surface area (Å²) in [5.41, 5.74) is -0.452. The number of hydrogen-bond donors (Lipinski definition) is 0. The molecule has 9 heteroatoms. The zero-order valence-corrected chi connectivity index (χ0v) is 15.6. The Labute approximate surface area is 159 Å². The summed E-state index contributed by atoms with van der Waals surface area (Å²) in [5.74, 6) is 0.692. The van der Waals surface area contributed by atoms with Crippen molar-refractivity contribution >= 4 is 5.78 Å². The van der Waals surface area contributed by atoms with Crippen molar-refractivity contribution in [3.63, 3.8) is 0 Å². The lowest BCUT2D eigenvalue weighted by Crippen LogP contribution is -2.38. The molecule has 0 saturated carbocycles. The van der Waals surface area contributed by atoms with E-state index in [1.807, 2.05) is 0 Å². The van der Waals surface area contributed by atoms with Crippen molar-refractivity contribution in [2.24, 2.45) is 7.05 Å². The Balaban J connectivity index is 1.97. The van der Waals surface area contributed by atoms with Crippen LogP contribution in [0.25, 0.3) is 5.82 Å². The van der Waals surface area contributed by atoms with Gasteiger partial charge in [0.1, 0.15) is 12.4 Å². The molecular weight excluding hydrogens is 364 g/mol. The summed E-state index contributed by atoms with van der Waals surface area (Å²) in [6.07, 6.45) is 2.92. The fourth-order valence-corrected chi connectivity index (χ4v) is 2.38. The standard InChI is InChI=1S/C19H18N4O5/c1-12-9-18(25)23(19(26)22(12)3)16-5-4-6-17(21-16)28-14-7-8-20-10-15(14)27-11-13(2)24/h4-10H,11H2,1-3H3. The fraction of sp³-hybridized carbons (Fsp3) is 0.211. The molecule has 3 heterocycles. The molecule has 28 heavy (non-hydrogen) atoms. The number of Topliss-reactive ketones (excluding diaryl/α,β-unsaturated/α-hetero) is 1. The molecule has 0 radical (unpaired) electrons. The Morgan fingerprint density at radius 2 is 1.96 bits per heavy atom. The minimum atomic E-state index is -0.510. The van der Waals surface area contributed by atoms with Gasteiger partial charge in [0.2, 0.25) is 5.88 Å². The lowest BCUT2D eigenvalue weighted by Gasteiger charge is -2.12. The van der Waals surface area contributed by atoms with Crippen molar-refractivity contribution in [3.05, 3.63) is 69.3 Å². The molecule has 0 amide bonds. The number of hydrogen-bond acceptors (Lipinski definition) is 7. The van der Waals surface area contributed by atoms with Gasteiger partial charge < -0.3 is 14.0 Å². The molecule has 144 valence electrons. The number of pyridine rings is 2. The van der Waals surface area contributed by atoms with E-state index in [1.54, 1.807) is 32.2 Å². The van der Waals surface area contributed by atoms with E-state index in [0.717, 1.165) is 4.57 Å². The van der Waals surface area contributed by atoms with Crippen LogP contribution in [0.3, 0.4) is 0 Å². The molecule has 0 aromatic carbocycles. The van der Waals surface area contributed by atoms with Crippen molar-refractivity contribution in [2.45, 2.75) is 13.8 Å². The molecule has 0 unspecified atom stereocenters. The Morgan fingerprint density at radius 1 is 1.18 bits per heavy atom. The topological polar surface area (TPSA) is 105 Å². The Kier molecular flexibility index (Phi) is 5.35. The largest absolute Gasteiger partial charge is 0.480 e. The number of ketones is 1. The summed E-state index contributed by atoms with van der Waals surface area (Å²) in [4.78, 5) is 44.1. The summed E-state index contributed by atoms with van der Waals surface area (Å²) < 4.78 is 13.4. The molecule has 9 nitrogen and oxygen atoms in total. The number of carbonyl (C=O) groups excluding carboxylic acids is 1. The van der Waals surface area contributed by atoms with Gasteiger partial charge in [-0.25, -0.2) is 9.36 Å². The number of rotatable bonds is 6. The monoisotopic (exact) mass is 382 g/mol. The highest BCUT2D eigenvalue weighted by atomic mass is 16.5. The van der Waals surface area contributed by atoms with Crippen LogP contribution in [0.15, 0.2) is 52.3 Å². The molecule has 3 aromatic rings. The molecule has 0 aliphatic carbocycles. The second-order valence-electron chi connectivity index (χ2n) is 6.05. The van der Waals surface area contributed by atoms with Crippen LogP contribution in [0.1, 0.15) is 12.6 Å². The van der Waals surface area contributed by atoms with E-state index < -0.39 is 11.2 Å². The predicted molar refractivity (Wildman–Crippen MR) is 100 cm³/mol. The summed E-state index contributed by atoms with van der Waals surface area (Å²) in [7, 11) is 1.57. The molecule has 0 atom stereocenters. The highest BCUT2D eigenvalue weighted by Gasteiger charge is 2.12. The van der Waals surface area contributed by atoms with Gasteiger partial charge in [-0.1, -0.05) is 6.07 Å². The molecule has 0 aliphatic rings. The summed E-state index contributed by atoms with van der Waals surface area (Å²) in [6.45, 7) is 2.96. The highest BCUT2D eigenvalue weighted by molar-refractivity contribution is 5.77. The number of aryl methyl sites for hydroxylation is 1. The SMILES string of the molecule is CC(=O)COc1cnccc1Oc1cccc(-n2c(=O)cc(C)n(C)c2=O)n1. The van der Waals surface area contributed by atoms with Gasteiger partial charge in [-0.2, -0.15) is 4.98 Å². The number of ether oxygens (including phenoxy) is 2. The molecule has 0 saturated heterocycles. The number of nitrogens with zero attached hydrogens (tertiary/aromatic N) is 4. The smallest absolute Gasteiger partial charge is 0.336 e. The Bertz CT molecular complexity index is 1150. The third kappa shape index (κ3) is 3.98. The van der Waals surface area contributed by atoms with Crippen LogP contribution < -0.4 is 20.7 Å². The second-order valence-corrected chi connectivity index (χ2v) is 6.05. The first kappa shape index (κ1) is 19.0. The van der Waals surface area contributed by atoms with Gasteiger partial charge in [0, 0.05) is 37.1 Å². The quantitative estimate of drug-likeness (QED) is 0.634. The van der Waals surface area contributed by atoms with E-state index in [2.05, 4.69) is 9.97 Å². The molecule has 3 aromatic heterocycles. The first-order chi connectivity index (χ1) is 13.4. The van der Waals surface area contributed by atoms with Crippen molar-refractivity contribution in [2.75, 3.05) is 6.61 Å². The lowest BCUT2D eigenvalue weighted by molar-refractivity contribution is -0.118. The fourth-order valence-electron chi connectivity index (χ4n) is 2.38. The first-order valence-corrected chi connectivity index (χ1v) is 8.38. The molecular formula is C19H18N4O5. The second kappa shape index (κ2) is 7.87. The van der Waals surface area contributed by atoms with E-state index >= 15 is 0 Å². The van der Waals surface area contributed by atoms with E-state index in [0.29, 0.717) is 11.4 Å². The number of carbonyl (C=O) groups is 1. The van der Waals surface area contributed by atoms with Gasteiger partial charge in [-0.3, -0.25) is 14.6 Å². The van der Waals surface area contributed by atoms with Gasteiger partial charge in [-0.05, 0) is 19.9 Å². The van der Waals surface area contributed by atoms with Gasteiger partial charge in [0.15, 0.2) is 17.3 Å². The van der Waals surface area contributed by atoms with Crippen LogP contribution in [-0.2, 0) is 11.8 Å². The minimum absolute atomic E-state index is 0.121. The maximum Gasteiger partial charge on any atom is 0.336 e. The minimum Gasteiger partial charge on any atom is -0.480 e. The van der Waals surface area contributed by atoms with Gasteiger partial charge >= 0.3 is 5.69 Å². The third-order valence-corrected chi connectivity index (χ3v) is 3.89. The average Bonchev–Trinajstić information content (AvgIpc) is 2.66. The van der Waals surface area contributed by atoms with Crippen LogP contribution in [0.2, 0.25) is 0 Å². The predicted octanol–water partition coefficient (Wildman–Crippen LogP) is 1.39. The van der Waals surface area contributed by atoms with Crippen molar-refractivity contribution in [3.8, 4) is 23.2 Å². The van der Waals surface area contributed by atoms with Crippen LogP contribution in [0.5, 0.6) is 17.4 Å². The first-order valence-electron chi connectivity index (χ1n) is 8.38. The molecule has 3 rings (SSSR count). The van der Waals surface area contributed by atoms with E-state index in [-0.39, 0.29) is 29.8 Å². The zero-order chi connectivity index (χ0) is 20.3. The summed E-state index contributed by atoms with van der Waals surface area (Å²) in [6, 6.07) is 7.63. The van der Waals surface area contributed by atoms with Crippen LogP contribution in [0, 0.1) is 6.92 Å². The van der Waals surface area contributed by atoms with Crippen molar-refractivity contribution in [1.82, 2.24) is 19.1 Å². The molecule has 0 bridgehead atoms. The maximum atomic E-state index is 12.5. The Morgan fingerprint density at radius 3 is 2.71 bits per heavy atom. The van der Waals surface area contributed by atoms with Crippen molar-refractivity contribution < 1.29 is 14.3 Å². The summed E-state index contributed by atoms with van der Waals surface area (Å²) >= 11 is 0. The normalized spacial score (nSPS) is 10.5.